The number of methoxy groups -OCH3 is 2. The van der Waals surface area contributed by atoms with Gasteiger partial charge < -0.3 is 14.2 Å². The Labute approximate surface area is 65.2 Å². The summed E-state index contributed by atoms with van der Waals surface area (Å²) in [5.74, 6) is 0.314. The third-order valence-corrected chi connectivity index (χ3v) is 2.01. The molecule has 0 spiro atoms. The fraction of sp³-hybridized carbons (Fsp3) is 0.500. The zero-order valence-electron chi connectivity index (χ0n) is 6.53. The molecule has 3 heteroatoms. The van der Waals surface area contributed by atoms with Crippen molar-refractivity contribution in [2.45, 2.75) is 11.9 Å². The van der Waals surface area contributed by atoms with Gasteiger partial charge in [-0.1, -0.05) is 6.08 Å². The van der Waals surface area contributed by atoms with E-state index in [4.69, 9.17) is 14.2 Å². The highest BCUT2D eigenvalue weighted by Gasteiger charge is 2.59. The highest BCUT2D eigenvalue weighted by atomic mass is 16.8. The summed E-state index contributed by atoms with van der Waals surface area (Å²) < 4.78 is 15.5. The quantitative estimate of drug-likeness (QED) is 0.552. The summed E-state index contributed by atoms with van der Waals surface area (Å²) in [6.07, 6.45) is 5.63. The highest BCUT2D eigenvalue weighted by Crippen LogP contribution is 2.45. The maximum absolute atomic E-state index is 5.32. The van der Waals surface area contributed by atoms with Crippen molar-refractivity contribution in [3.63, 3.8) is 0 Å². The van der Waals surface area contributed by atoms with Crippen LogP contribution in [0, 0.1) is 0 Å². The summed E-state index contributed by atoms with van der Waals surface area (Å²) in [4.78, 5) is 0. The van der Waals surface area contributed by atoms with Gasteiger partial charge in [-0.25, -0.2) is 0 Å². The molecule has 1 fully saturated rings. The maximum Gasteiger partial charge on any atom is 0.223 e. The standard InChI is InChI=1S/C8H10O3/c1-9-6-4-3-5-8(10-2)7(6)11-8/h3-5,7H,1-2H3. The SMILES string of the molecule is COC1=CC=CC2(OC)OC12. The molecule has 0 radical (unpaired) electrons. The third-order valence-electron chi connectivity index (χ3n) is 2.01. The summed E-state index contributed by atoms with van der Waals surface area (Å²) in [6.45, 7) is 0. The molecule has 0 amide bonds. The molecular weight excluding hydrogens is 144 g/mol. The molecule has 3 nitrogen and oxygen atoms in total. The Hall–Kier alpha value is -0.800. The monoisotopic (exact) mass is 154 g/mol. The summed E-state index contributed by atoms with van der Waals surface area (Å²) in [5.41, 5.74) is 0. The average Bonchev–Trinajstić information content (AvgIpc) is 2.78. The van der Waals surface area contributed by atoms with E-state index in [0.717, 1.165) is 5.76 Å². The van der Waals surface area contributed by atoms with Crippen LogP contribution >= 0.6 is 0 Å². The minimum Gasteiger partial charge on any atom is -0.498 e. The van der Waals surface area contributed by atoms with Gasteiger partial charge in [-0.15, -0.1) is 0 Å². The summed E-state index contributed by atoms with van der Waals surface area (Å²) in [6, 6.07) is 0. The van der Waals surface area contributed by atoms with Crippen LogP contribution in [-0.4, -0.2) is 26.1 Å². The summed E-state index contributed by atoms with van der Waals surface area (Å²) in [5, 5.41) is 0. The predicted octanol–water partition coefficient (Wildman–Crippen LogP) is 0.828. The van der Waals surface area contributed by atoms with Crippen molar-refractivity contribution in [2.24, 2.45) is 0 Å². The first-order valence-corrected chi connectivity index (χ1v) is 3.49. The fourth-order valence-electron chi connectivity index (χ4n) is 1.30. The number of ether oxygens (including phenoxy) is 3. The number of fused-ring (bicyclic) bond motifs is 1. The molecule has 0 aromatic carbocycles. The Kier molecular flexibility index (Phi) is 1.31. The van der Waals surface area contributed by atoms with Crippen molar-refractivity contribution in [1.29, 1.82) is 0 Å². The van der Waals surface area contributed by atoms with Gasteiger partial charge in [-0.2, -0.15) is 0 Å². The molecule has 2 aliphatic rings. The first-order chi connectivity index (χ1) is 5.32. The minimum atomic E-state index is -0.514. The van der Waals surface area contributed by atoms with Crippen molar-refractivity contribution in [3.8, 4) is 0 Å². The van der Waals surface area contributed by atoms with Gasteiger partial charge in [0.25, 0.3) is 0 Å². The Morgan fingerprint density at radius 1 is 1.55 bits per heavy atom. The van der Waals surface area contributed by atoms with E-state index in [1.54, 1.807) is 14.2 Å². The van der Waals surface area contributed by atoms with Crippen LogP contribution in [0.4, 0.5) is 0 Å². The fourth-order valence-corrected chi connectivity index (χ4v) is 1.30. The topological polar surface area (TPSA) is 31.0 Å². The Bertz CT molecular complexity index is 231. The van der Waals surface area contributed by atoms with Gasteiger partial charge in [0.2, 0.25) is 5.79 Å². The van der Waals surface area contributed by atoms with E-state index >= 15 is 0 Å². The van der Waals surface area contributed by atoms with Crippen molar-refractivity contribution >= 4 is 0 Å². The van der Waals surface area contributed by atoms with Crippen LogP contribution in [0.15, 0.2) is 24.0 Å². The lowest BCUT2D eigenvalue weighted by atomic mass is 10.1. The first kappa shape index (κ1) is 6.88. The van der Waals surface area contributed by atoms with Crippen LogP contribution in [0.25, 0.3) is 0 Å². The van der Waals surface area contributed by atoms with Crippen LogP contribution in [0.3, 0.4) is 0 Å². The molecule has 0 N–H and O–H groups in total. The lowest BCUT2D eigenvalue weighted by Gasteiger charge is -2.09. The second-order valence-corrected chi connectivity index (χ2v) is 2.56. The van der Waals surface area contributed by atoms with E-state index in [0.29, 0.717) is 0 Å². The van der Waals surface area contributed by atoms with E-state index < -0.39 is 5.79 Å². The average molecular weight is 154 g/mol. The summed E-state index contributed by atoms with van der Waals surface area (Å²) in [7, 11) is 3.26. The van der Waals surface area contributed by atoms with Gasteiger partial charge in [0.05, 0.1) is 7.11 Å². The Morgan fingerprint density at radius 3 is 3.00 bits per heavy atom. The maximum atomic E-state index is 5.32. The van der Waals surface area contributed by atoms with Crippen molar-refractivity contribution in [3.05, 3.63) is 24.0 Å². The second kappa shape index (κ2) is 2.09. The first-order valence-electron chi connectivity index (χ1n) is 3.49. The van der Waals surface area contributed by atoms with Gasteiger partial charge in [0.1, 0.15) is 5.76 Å². The van der Waals surface area contributed by atoms with Crippen molar-refractivity contribution in [2.75, 3.05) is 14.2 Å². The molecule has 11 heavy (non-hydrogen) atoms. The van der Waals surface area contributed by atoms with Gasteiger partial charge in [0.15, 0.2) is 6.10 Å². The van der Waals surface area contributed by atoms with E-state index in [-0.39, 0.29) is 6.10 Å². The zero-order valence-corrected chi connectivity index (χ0v) is 6.53. The molecular formula is C8H10O3. The molecule has 1 saturated heterocycles. The molecule has 0 aromatic rings. The minimum absolute atomic E-state index is 0.0255. The number of allylic oxidation sites excluding steroid dienone is 2. The number of epoxide rings is 1. The normalized spacial score (nSPS) is 39.5. The largest absolute Gasteiger partial charge is 0.498 e. The van der Waals surface area contributed by atoms with Crippen molar-refractivity contribution in [1.82, 2.24) is 0 Å². The van der Waals surface area contributed by atoms with Crippen molar-refractivity contribution < 1.29 is 14.2 Å². The van der Waals surface area contributed by atoms with E-state index in [2.05, 4.69) is 0 Å². The van der Waals surface area contributed by atoms with Crippen LogP contribution in [0.1, 0.15) is 0 Å². The van der Waals surface area contributed by atoms with Gasteiger partial charge in [-0.3, -0.25) is 0 Å². The second-order valence-electron chi connectivity index (χ2n) is 2.56. The molecule has 1 heterocycles. The third kappa shape index (κ3) is 0.814. The number of hydrogen-bond acceptors (Lipinski definition) is 3. The molecule has 2 rings (SSSR count). The highest BCUT2D eigenvalue weighted by molar-refractivity contribution is 5.31. The van der Waals surface area contributed by atoms with Gasteiger partial charge in [-0.05, 0) is 12.2 Å². The predicted molar refractivity (Wildman–Crippen MR) is 38.8 cm³/mol. The van der Waals surface area contributed by atoms with Crippen LogP contribution in [0.5, 0.6) is 0 Å². The number of rotatable bonds is 2. The van der Waals surface area contributed by atoms with Crippen LogP contribution in [0.2, 0.25) is 0 Å². The lowest BCUT2D eigenvalue weighted by Crippen LogP contribution is -2.18. The van der Waals surface area contributed by atoms with E-state index in [1.165, 1.54) is 0 Å². The number of hydrogen-bond donors (Lipinski definition) is 0. The molecule has 60 valence electrons. The van der Waals surface area contributed by atoms with Crippen LogP contribution in [-0.2, 0) is 14.2 Å². The van der Waals surface area contributed by atoms with Crippen LogP contribution < -0.4 is 0 Å². The van der Waals surface area contributed by atoms with Gasteiger partial charge >= 0.3 is 0 Å². The smallest absolute Gasteiger partial charge is 0.223 e. The summed E-state index contributed by atoms with van der Waals surface area (Å²) >= 11 is 0. The Morgan fingerprint density at radius 2 is 2.36 bits per heavy atom. The molecule has 0 aromatic heterocycles. The molecule has 1 aliphatic carbocycles. The molecule has 0 bridgehead atoms. The zero-order chi connectivity index (χ0) is 7.90. The lowest BCUT2D eigenvalue weighted by molar-refractivity contribution is 0.0299. The molecule has 2 unspecified atom stereocenters. The molecule has 0 saturated carbocycles. The Balaban J connectivity index is 2.20. The van der Waals surface area contributed by atoms with E-state index in [9.17, 15) is 0 Å². The molecule has 2 atom stereocenters. The van der Waals surface area contributed by atoms with Gasteiger partial charge in [0, 0.05) is 7.11 Å². The molecule has 1 aliphatic heterocycles. The van der Waals surface area contributed by atoms with E-state index in [1.807, 2.05) is 18.2 Å².